The van der Waals surface area contributed by atoms with Crippen molar-refractivity contribution in [3.05, 3.63) is 17.7 Å². The number of carbonyl (C=O) groups is 1. The van der Waals surface area contributed by atoms with Crippen LogP contribution in [-0.4, -0.2) is 15.3 Å². The third kappa shape index (κ3) is 2.41. The van der Waals surface area contributed by atoms with Gasteiger partial charge in [-0.2, -0.15) is 10.5 Å². The molecule has 1 fully saturated rings. The molecule has 2 rings (SSSR count). The summed E-state index contributed by atoms with van der Waals surface area (Å²) in [5.74, 6) is 0.256. The van der Waals surface area contributed by atoms with Gasteiger partial charge in [-0.25, -0.2) is 4.98 Å². The van der Waals surface area contributed by atoms with Gasteiger partial charge in [0.25, 0.3) is 0 Å². The van der Waals surface area contributed by atoms with Gasteiger partial charge in [-0.15, -0.1) is 0 Å². The zero-order valence-electron chi connectivity index (χ0n) is 10.1. The van der Waals surface area contributed by atoms with Crippen molar-refractivity contribution in [3.63, 3.8) is 0 Å². The van der Waals surface area contributed by atoms with Gasteiger partial charge in [0, 0.05) is 5.92 Å². The van der Waals surface area contributed by atoms with Gasteiger partial charge in [-0.05, 0) is 12.8 Å². The van der Waals surface area contributed by atoms with E-state index >= 15 is 0 Å². The van der Waals surface area contributed by atoms with Crippen LogP contribution in [0.4, 0.5) is 0 Å². The number of Topliss-reactive ketones (excluding diaryl/α,β-unsaturated/α-hetero) is 1. The minimum atomic E-state index is 0.0916. The van der Waals surface area contributed by atoms with Gasteiger partial charge >= 0.3 is 0 Å². The molecule has 1 saturated carbocycles. The Kier molecular flexibility index (Phi) is 3.74. The van der Waals surface area contributed by atoms with Crippen molar-refractivity contribution in [3.8, 4) is 12.1 Å². The first-order valence-corrected chi connectivity index (χ1v) is 6.14. The molecule has 0 bridgehead atoms. The highest BCUT2D eigenvalue weighted by atomic mass is 16.1. The van der Waals surface area contributed by atoms with Gasteiger partial charge in [-0.3, -0.25) is 4.79 Å². The van der Waals surface area contributed by atoms with Crippen molar-refractivity contribution in [2.24, 2.45) is 5.92 Å². The van der Waals surface area contributed by atoms with Crippen molar-refractivity contribution in [1.82, 2.24) is 9.55 Å². The molecular weight excluding hydrogens is 228 g/mol. The number of hydrogen-bond donors (Lipinski definition) is 0. The normalized spacial score (nSPS) is 15.9. The summed E-state index contributed by atoms with van der Waals surface area (Å²) in [4.78, 5) is 15.9. The second kappa shape index (κ2) is 5.46. The fourth-order valence-electron chi connectivity index (χ4n) is 2.42. The summed E-state index contributed by atoms with van der Waals surface area (Å²) in [6.45, 7) is 0.155. The fraction of sp³-hybridized carbons (Fsp3) is 0.538. The molecule has 0 aliphatic heterocycles. The Labute approximate surface area is 106 Å². The maximum atomic E-state index is 12.1. The molecule has 0 amide bonds. The molecule has 0 saturated heterocycles. The van der Waals surface area contributed by atoms with Crippen LogP contribution in [0, 0.1) is 28.6 Å². The lowest BCUT2D eigenvalue weighted by atomic mass is 9.86. The summed E-state index contributed by atoms with van der Waals surface area (Å²) in [5, 5.41) is 17.8. The number of rotatable bonds is 3. The van der Waals surface area contributed by atoms with E-state index in [-0.39, 0.29) is 29.6 Å². The highest BCUT2D eigenvalue weighted by molar-refractivity contribution is 5.81. The van der Waals surface area contributed by atoms with Crippen LogP contribution >= 0.6 is 0 Å². The topological polar surface area (TPSA) is 82.5 Å². The zero-order chi connectivity index (χ0) is 13.0. The van der Waals surface area contributed by atoms with Gasteiger partial charge in [0.05, 0.1) is 12.9 Å². The lowest BCUT2D eigenvalue weighted by Gasteiger charge is -2.20. The van der Waals surface area contributed by atoms with Crippen molar-refractivity contribution < 1.29 is 4.79 Å². The third-order valence-electron chi connectivity index (χ3n) is 3.44. The molecule has 0 spiro atoms. The van der Waals surface area contributed by atoms with E-state index in [1.165, 1.54) is 17.3 Å². The smallest absolute Gasteiger partial charge is 0.176 e. The Morgan fingerprint density at radius 3 is 2.67 bits per heavy atom. The summed E-state index contributed by atoms with van der Waals surface area (Å²) >= 11 is 0. The second-order valence-electron chi connectivity index (χ2n) is 4.59. The van der Waals surface area contributed by atoms with Crippen molar-refractivity contribution >= 4 is 5.78 Å². The molecule has 1 heterocycles. The van der Waals surface area contributed by atoms with Crippen molar-refractivity contribution in [2.75, 3.05) is 0 Å². The van der Waals surface area contributed by atoms with Crippen LogP contribution in [0.2, 0.25) is 0 Å². The average molecular weight is 242 g/mol. The second-order valence-corrected chi connectivity index (χ2v) is 4.59. The predicted molar refractivity (Wildman–Crippen MR) is 63.2 cm³/mol. The van der Waals surface area contributed by atoms with Gasteiger partial charge in [0.2, 0.25) is 0 Å². The van der Waals surface area contributed by atoms with Crippen LogP contribution < -0.4 is 0 Å². The highest BCUT2D eigenvalue weighted by Gasteiger charge is 2.22. The molecule has 18 heavy (non-hydrogen) atoms. The van der Waals surface area contributed by atoms with Gasteiger partial charge in [0.1, 0.15) is 12.1 Å². The molecule has 1 aromatic rings. The van der Waals surface area contributed by atoms with E-state index in [9.17, 15) is 4.79 Å². The zero-order valence-corrected chi connectivity index (χ0v) is 10.1. The molecule has 5 heteroatoms. The lowest BCUT2D eigenvalue weighted by Crippen LogP contribution is -2.22. The SMILES string of the molecule is N#Cc1ncn(CC(=O)C2CCCCC2)c1C#N. The molecular formula is C13H14N4O. The Hall–Kier alpha value is -2.14. The van der Waals surface area contributed by atoms with Crippen LogP contribution in [0.5, 0.6) is 0 Å². The summed E-state index contributed by atoms with van der Waals surface area (Å²) in [5.41, 5.74) is 0.274. The van der Waals surface area contributed by atoms with Gasteiger partial charge in [-0.1, -0.05) is 19.3 Å². The first-order valence-electron chi connectivity index (χ1n) is 6.14. The summed E-state index contributed by atoms with van der Waals surface area (Å²) in [7, 11) is 0. The van der Waals surface area contributed by atoms with E-state index in [1.807, 2.05) is 12.1 Å². The Morgan fingerprint density at radius 2 is 2.06 bits per heavy atom. The molecule has 92 valence electrons. The quantitative estimate of drug-likeness (QED) is 0.808. The Bertz CT molecular complexity index is 526. The molecule has 0 aromatic carbocycles. The summed E-state index contributed by atoms with van der Waals surface area (Å²) in [6.07, 6.45) is 6.71. The Morgan fingerprint density at radius 1 is 1.33 bits per heavy atom. The maximum absolute atomic E-state index is 12.1. The molecule has 0 radical (unpaired) electrons. The van der Waals surface area contributed by atoms with Gasteiger partial charge in [0.15, 0.2) is 17.2 Å². The molecule has 5 nitrogen and oxygen atoms in total. The van der Waals surface area contributed by atoms with Crippen LogP contribution in [-0.2, 0) is 11.3 Å². The predicted octanol–water partition coefficient (Wildman–Crippen LogP) is 1.78. The molecule has 1 aromatic heterocycles. The Balaban J connectivity index is 2.10. The summed E-state index contributed by atoms with van der Waals surface area (Å²) in [6, 6.07) is 3.78. The molecule has 0 unspecified atom stereocenters. The number of hydrogen-bond acceptors (Lipinski definition) is 4. The largest absolute Gasteiger partial charge is 0.314 e. The third-order valence-corrected chi connectivity index (χ3v) is 3.44. The highest BCUT2D eigenvalue weighted by Crippen LogP contribution is 2.25. The van der Waals surface area contributed by atoms with Crippen LogP contribution in [0.15, 0.2) is 6.33 Å². The summed E-state index contributed by atoms with van der Waals surface area (Å²) < 4.78 is 1.48. The minimum Gasteiger partial charge on any atom is -0.314 e. The average Bonchev–Trinajstić information content (AvgIpc) is 2.81. The lowest BCUT2D eigenvalue weighted by molar-refractivity contribution is -0.124. The van der Waals surface area contributed by atoms with Crippen LogP contribution in [0.1, 0.15) is 43.5 Å². The maximum Gasteiger partial charge on any atom is 0.176 e. The number of aromatic nitrogens is 2. The molecule has 1 aliphatic rings. The molecule has 1 aliphatic carbocycles. The van der Waals surface area contributed by atoms with E-state index in [0.29, 0.717) is 0 Å². The number of carbonyl (C=O) groups excluding carboxylic acids is 1. The van der Waals surface area contributed by atoms with E-state index in [2.05, 4.69) is 4.98 Å². The number of imidazole rings is 1. The molecule has 0 atom stereocenters. The number of nitrogens with zero attached hydrogens (tertiary/aromatic N) is 4. The van der Waals surface area contributed by atoms with Crippen molar-refractivity contribution in [2.45, 2.75) is 38.6 Å². The fourth-order valence-corrected chi connectivity index (χ4v) is 2.42. The van der Waals surface area contributed by atoms with E-state index in [4.69, 9.17) is 10.5 Å². The number of nitriles is 2. The minimum absolute atomic E-state index is 0.0916. The standard InChI is InChI=1S/C13H14N4O/c14-6-11-12(7-15)17(9-16-11)8-13(18)10-4-2-1-3-5-10/h9-10H,1-5,8H2. The van der Waals surface area contributed by atoms with E-state index in [1.54, 1.807) is 0 Å². The van der Waals surface area contributed by atoms with Gasteiger partial charge < -0.3 is 4.57 Å². The molecule has 0 N–H and O–H groups in total. The van der Waals surface area contributed by atoms with Crippen LogP contribution in [0.3, 0.4) is 0 Å². The van der Waals surface area contributed by atoms with Crippen molar-refractivity contribution in [1.29, 1.82) is 10.5 Å². The monoisotopic (exact) mass is 242 g/mol. The van der Waals surface area contributed by atoms with E-state index < -0.39 is 0 Å². The van der Waals surface area contributed by atoms with E-state index in [0.717, 1.165) is 25.7 Å². The first-order chi connectivity index (χ1) is 8.76. The van der Waals surface area contributed by atoms with Crippen LogP contribution in [0.25, 0.3) is 0 Å². The first kappa shape index (κ1) is 12.3. The number of ketones is 1.